The van der Waals surface area contributed by atoms with Gasteiger partial charge in [0.15, 0.2) is 0 Å². The Morgan fingerprint density at radius 3 is 2.58 bits per heavy atom. The van der Waals surface area contributed by atoms with E-state index in [9.17, 15) is 27.6 Å². The zero-order valence-corrected chi connectivity index (χ0v) is 17.7. The lowest BCUT2D eigenvalue weighted by atomic mass is 10.1. The fourth-order valence-corrected chi connectivity index (χ4v) is 3.97. The van der Waals surface area contributed by atoms with Crippen LogP contribution < -0.4 is 10.9 Å². The fourth-order valence-electron chi connectivity index (χ4n) is 2.98. The molecule has 3 rings (SSSR count). The minimum atomic E-state index is -4.63. The molecular weight excluding hydrogens is 433 g/mol. The van der Waals surface area contributed by atoms with Crippen LogP contribution in [0.25, 0.3) is 10.2 Å². The summed E-state index contributed by atoms with van der Waals surface area (Å²) in [7, 11) is 1.33. The fraction of sp³-hybridized carbons (Fsp3) is 0.300. The molecule has 0 saturated heterocycles. The van der Waals surface area contributed by atoms with E-state index in [1.165, 1.54) is 36.8 Å². The average molecular weight is 452 g/mol. The number of aromatic nitrogens is 2. The number of halogens is 3. The number of likely N-dealkylation sites (N-methyl/N-ethyl adjacent to an activating group) is 1. The monoisotopic (exact) mass is 452 g/mol. The van der Waals surface area contributed by atoms with E-state index in [1.807, 2.05) is 6.92 Å². The number of aryl methyl sites for hydroxylation is 2. The van der Waals surface area contributed by atoms with Crippen molar-refractivity contribution in [2.75, 3.05) is 18.9 Å². The number of rotatable bonds is 5. The molecule has 0 aliphatic rings. The van der Waals surface area contributed by atoms with Crippen LogP contribution >= 0.6 is 11.3 Å². The smallest absolute Gasteiger partial charge is 0.335 e. The van der Waals surface area contributed by atoms with Gasteiger partial charge < -0.3 is 10.2 Å². The van der Waals surface area contributed by atoms with Crippen LogP contribution in [0.15, 0.2) is 35.4 Å². The number of para-hydroxylation sites is 1. The normalized spacial score (nSPS) is 11.5. The molecule has 0 unspecified atom stereocenters. The van der Waals surface area contributed by atoms with Gasteiger partial charge in [0.2, 0.25) is 11.8 Å². The van der Waals surface area contributed by atoms with Crippen molar-refractivity contribution in [2.24, 2.45) is 0 Å². The number of benzene rings is 1. The lowest BCUT2D eigenvalue weighted by Gasteiger charge is -2.18. The molecule has 0 bridgehead atoms. The van der Waals surface area contributed by atoms with Crippen molar-refractivity contribution in [1.29, 1.82) is 0 Å². The predicted octanol–water partition coefficient (Wildman–Crippen LogP) is 3.19. The van der Waals surface area contributed by atoms with Gasteiger partial charge in [-0.05, 0) is 31.5 Å². The van der Waals surface area contributed by atoms with E-state index in [0.717, 1.165) is 32.0 Å². The minimum Gasteiger partial charge on any atom is -0.335 e. The molecule has 3 aromatic rings. The minimum absolute atomic E-state index is 0.348. The Morgan fingerprint density at radius 2 is 1.90 bits per heavy atom. The number of hydrogen-bond donors (Lipinski definition) is 1. The van der Waals surface area contributed by atoms with E-state index in [2.05, 4.69) is 10.3 Å². The van der Waals surface area contributed by atoms with Crippen molar-refractivity contribution in [2.45, 2.75) is 26.6 Å². The van der Waals surface area contributed by atoms with Gasteiger partial charge in [0.05, 0.1) is 29.5 Å². The number of anilines is 1. The SMILES string of the molecule is Cc1sc2ncn(CC(=O)N(C)CC(=O)Nc3ccccc3C(F)(F)F)c(=O)c2c1C. The summed E-state index contributed by atoms with van der Waals surface area (Å²) in [6, 6.07) is 4.57. The third-order valence-corrected chi connectivity index (χ3v) is 5.89. The molecule has 2 heterocycles. The van der Waals surface area contributed by atoms with Crippen LogP contribution in [0.5, 0.6) is 0 Å². The molecule has 2 aromatic heterocycles. The summed E-state index contributed by atoms with van der Waals surface area (Å²) in [5.74, 6) is -1.36. The van der Waals surface area contributed by atoms with Gasteiger partial charge in [-0.25, -0.2) is 4.98 Å². The second-order valence-electron chi connectivity index (χ2n) is 6.98. The van der Waals surface area contributed by atoms with Crippen LogP contribution in [0.4, 0.5) is 18.9 Å². The van der Waals surface area contributed by atoms with Gasteiger partial charge in [-0.15, -0.1) is 11.3 Å². The summed E-state index contributed by atoms with van der Waals surface area (Å²) in [6.07, 6.45) is -3.36. The molecule has 0 saturated carbocycles. The molecule has 0 aliphatic carbocycles. The molecule has 164 valence electrons. The molecule has 0 radical (unpaired) electrons. The average Bonchev–Trinajstić information content (AvgIpc) is 2.98. The molecule has 0 atom stereocenters. The molecule has 11 heteroatoms. The van der Waals surface area contributed by atoms with Crippen molar-refractivity contribution in [3.63, 3.8) is 0 Å². The first-order chi connectivity index (χ1) is 14.5. The number of carbonyl (C=O) groups excluding carboxylic acids is 2. The second-order valence-corrected chi connectivity index (χ2v) is 8.19. The summed E-state index contributed by atoms with van der Waals surface area (Å²) in [6.45, 7) is 2.85. The number of hydrogen-bond acceptors (Lipinski definition) is 5. The van der Waals surface area contributed by atoms with Gasteiger partial charge in [0, 0.05) is 11.9 Å². The Hall–Kier alpha value is -3.21. The van der Waals surface area contributed by atoms with Gasteiger partial charge in [0.1, 0.15) is 11.4 Å². The summed E-state index contributed by atoms with van der Waals surface area (Å²) in [5.41, 5.74) is -0.938. The lowest BCUT2D eigenvalue weighted by Crippen LogP contribution is -2.38. The van der Waals surface area contributed by atoms with Crippen molar-refractivity contribution >= 4 is 39.1 Å². The number of carbonyl (C=O) groups is 2. The summed E-state index contributed by atoms with van der Waals surface area (Å²) in [5, 5.41) is 2.63. The highest BCUT2D eigenvalue weighted by Crippen LogP contribution is 2.34. The summed E-state index contributed by atoms with van der Waals surface area (Å²) < 4.78 is 40.3. The maximum absolute atomic E-state index is 13.1. The highest BCUT2D eigenvalue weighted by molar-refractivity contribution is 7.18. The number of nitrogens with zero attached hydrogens (tertiary/aromatic N) is 3. The zero-order chi connectivity index (χ0) is 22.9. The van der Waals surface area contributed by atoms with E-state index < -0.39 is 35.8 Å². The van der Waals surface area contributed by atoms with Crippen molar-refractivity contribution in [3.05, 3.63) is 57.0 Å². The quantitative estimate of drug-likeness (QED) is 0.645. The summed E-state index contributed by atoms with van der Waals surface area (Å²) >= 11 is 1.39. The van der Waals surface area contributed by atoms with Gasteiger partial charge in [0.25, 0.3) is 5.56 Å². The first kappa shape index (κ1) is 22.5. The van der Waals surface area contributed by atoms with E-state index in [0.29, 0.717) is 10.2 Å². The Labute approximate surface area is 179 Å². The van der Waals surface area contributed by atoms with Gasteiger partial charge >= 0.3 is 6.18 Å². The van der Waals surface area contributed by atoms with Crippen LogP contribution in [0.3, 0.4) is 0 Å². The molecule has 31 heavy (non-hydrogen) atoms. The maximum Gasteiger partial charge on any atom is 0.418 e. The Balaban J connectivity index is 1.70. The van der Waals surface area contributed by atoms with Gasteiger partial charge in [-0.1, -0.05) is 12.1 Å². The van der Waals surface area contributed by atoms with Crippen LogP contribution in [0, 0.1) is 13.8 Å². The van der Waals surface area contributed by atoms with E-state index in [4.69, 9.17) is 0 Å². The Kier molecular flexibility index (Phi) is 6.16. The number of nitrogens with one attached hydrogen (secondary N) is 1. The number of alkyl halides is 3. The first-order valence-electron chi connectivity index (χ1n) is 9.14. The lowest BCUT2D eigenvalue weighted by molar-refractivity contribution is -0.137. The van der Waals surface area contributed by atoms with Crippen LogP contribution in [0.2, 0.25) is 0 Å². The third-order valence-electron chi connectivity index (χ3n) is 4.77. The first-order valence-corrected chi connectivity index (χ1v) is 9.96. The van der Waals surface area contributed by atoms with Crippen LogP contribution in [-0.4, -0.2) is 39.9 Å². The number of thiophene rings is 1. The van der Waals surface area contributed by atoms with Crippen LogP contribution in [0.1, 0.15) is 16.0 Å². The summed E-state index contributed by atoms with van der Waals surface area (Å²) in [4.78, 5) is 44.2. The number of fused-ring (bicyclic) bond motifs is 1. The highest BCUT2D eigenvalue weighted by Gasteiger charge is 2.33. The molecule has 7 nitrogen and oxygen atoms in total. The Morgan fingerprint density at radius 1 is 1.23 bits per heavy atom. The molecule has 0 fully saturated rings. The molecule has 0 aliphatic heterocycles. The zero-order valence-electron chi connectivity index (χ0n) is 16.9. The molecule has 2 amide bonds. The molecular formula is C20H19F3N4O3S. The topological polar surface area (TPSA) is 84.3 Å². The molecule has 1 N–H and O–H groups in total. The van der Waals surface area contributed by atoms with Crippen molar-refractivity contribution < 1.29 is 22.8 Å². The van der Waals surface area contributed by atoms with E-state index in [-0.39, 0.29) is 12.1 Å². The maximum atomic E-state index is 13.1. The number of amides is 2. The second kappa shape index (κ2) is 8.50. The molecule has 1 aromatic carbocycles. The van der Waals surface area contributed by atoms with E-state index >= 15 is 0 Å². The van der Waals surface area contributed by atoms with E-state index in [1.54, 1.807) is 6.92 Å². The van der Waals surface area contributed by atoms with Gasteiger partial charge in [-0.2, -0.15) is 13.2 Å². The third kappa shape index (κ3) is 4.76. The van der Waals surface area contributed by atoms with Crippen molar-refractivity contribution in [3.8, 4) is 0 Å². The molecule has 0 spiro atoms. The predicted molar refractivity (Wildman–Crippen MR) is 111 cm³/mol. The largest absolute Gasteiger partial charge is 0.418 e. The standard InChI is InChI=1S/C20H19F3N4O3S/c1-11-12(2)31-18-17(11)19(30)27(10-24-18)9-16(29)26(3)8-15(28)25-14-7-5-4-6-13(14)20(21,22)23/h4-7,10H,8-9H2,1-3H3,(H,25,28). The Bertz CT molecular complexity index is 1220. The van der Waals surface area contributed by atoms with Crippen molar-refractivity contribution in [1.82, 2.24) is 14.5 Å². The highest BCUT2D eigenvalue weighted by atomic mass is 32.1. The van der Waals surface area contributed by atoms with Crippen LogP contribution in [-0.2, 0) is 22.3 Å². The van der Waals surface area contributed by atoms with Gasteiger partial charge in [-0.3, -0.25) is 19.0 Å².